The summed E-state index contributed by atoms with van der Waals surface area (Å²) in [5.74, 6) is 1.12. The fourth-order valence-corrected chi connectivity index (χ4v) is 2.75. The van der Waals surface area contributed by atoms with Gasteiger partial charge in [-0.3, -0.25) is 4.79 Å². The number of unbranched alkanes of at least 4 members (excludes halogenated alkanes) is 1. The minimum absolute atomic E-state index is 0. The zero-order valence-corrected chi connectivity index (χ0v) is 14.8. The van der Waals surface area contributed by atoms with Gasteiger partial charge in [-0.15, -0.1) is 12.4 Å². The molecule has 0 aromatic heterocycles. The van der Waals surface area contributed by atoms with Crippen molar-refractivity contribution >= 4 is 18.3 Å². The van der Waals surface area contributed by atoms with Crippen LogP contribution in [0.4, 0.5) is 0 Å². The van der Waals surface area contributed by atoms with Crippen molar-refractivity contribution in [3.63, 3.8) is 0 Å². The molecule has 0 atom stereocenters. The summed E-state index contributed by atoms with van der Waals surface area (Å²) in [7, 11) is 3.15. The average molecular weight is 343 g/mol. The summed E-state index contributed by atoms with van der Waals surface area (Å²) >= 11 is 0. The highest BCUT2D eigenvalue weighted by molar-refractivity contribution is 5.97. The van der Waals surface area contributed by atoms with E-state index >= 15 is 0 Å². The van der Waals surface area contributed by atoms with Gasteiger partial charge < -0.3 is 19.7 Å². The van der Waals surface area contributed by atoms with Crippen LogP contribution in [-0.4, -0.2) is 51.2 Å². The van der Waals surface area contributed by atoms with Crippen LogP contribution in [0, 0.1) is 0 Å². The number of amides is 1. The van der Waals surface area contributed by atoms with Gasteiger partial charge in [0.1, 0.15) is 11.5 Å². The molecule has 1 aromatic rings. The van der Waals surface area contributed by atoms with Gasteiger partial charge in [-0.25, -0.2) is 0 Å². The fraction of sp³-hybridized carbons (Fsp3) is 0.588. The molecule has 0 unspecified atom stereocenters. The average Bonchev–Trinajstić information content (AvgIpc) is 3.07. The number of halogens is 1. The highest BCUT2D eigenvalue weighted by Gasteiger charge is 2.13. The first-order valence-electron chi connectivity index (χ1n) is 7.97. The van der Waals surface area contributed by atoms with Gasteiger partial charge in [0.15, 0.2) is 0 Å². The first kappa shape index (κ1) is 19.6. The lowest BCUT2D eigenvalue weighted by Gasteiger charge is -2.14. The summed E-state index contributed by atoms with van der Waals surface area (Å²) in [6.07, 6.45) is 4.78. The summed E-state index contributed by atoms with van der Waals surface area (Å²) in [6.45, 7) is 4.30. The van der Waals surface area contributed by atoms with Crippen molar-refractivity contribution < 1.29 is 14.3 Å². The third-order valence-electron chi connectivity index (χ3n) is 4.04. The molecular weight excluding hydrogens is 316 g/mol. The second-order valence-corrected chi connectivity index (χ2v) is 5.58. The number of ether oxygens (including phenoxy) is 2. The molecule has 130 valence electrons. The molecule has 1 amide bonds. The van der Waals surface area contributed by atoms with Crippen LogP contribution >= 0.6 is 12.4 Å². The Labute approximate surface area is 144 Å². The maximum atomic E-state index is 12.2. The molecule has 1 N–H and O–H groups in total. The normalized spacial score (nSPS) is 14.2. The van der Waals surface area contributed by atoms with Crippen LogP contribution in [0.2, 0.25) is 0 Å². The Hall–Kier alpha value is -1.46. The van der Waals surface area contributed by atoms with Crippen LogP contribution in [0.25, 0.3) is 0 Å². The number of methoxy groups -OCH3 is 2. The molecule has 0 aliphatic carbocycles. The van der Waals surface area contributed by atoms with Gasteiger partial charge in [0.05, 0.1) is 19.8 Å². The number of carbonyl (C=O) groups is 1. The summed E-state index contributed by atoms with van der Waals surface area (Å²) in [4.78, 5) is 14.7. The number of hydrogen-bond donors (Lipinski definition) is 1. The molecule has 2 rings (SSSR count). The van der Waals surface area contributed by atoms with E-state index in [4.69, 9.17) is 9.47 Å². The topological polar surface area (TPSA) is 50.8 Å². The van der Waals surface area contributed by atoms with E-state index in [1.807, 2.05) is 0 Å². The Balaban J connectivity index is 0.00000264. The predicted molar refractivity (Wildman–Crippen MR) is 94.0 cm³/mol. The second-order valence-electron chi connectivity index (χ2n) is 5.58. The first-order valence-corrected chi connectivity index (χ1v) is 7.97. The van der Waals surface area contributed by atoms with Crippen molar-refractivity contribution in [2.24, 2.45) is 0 Å². The monoisotopic (exact) mass is 342 g/mol. The highest BCUT2D eigenvalue weighted by atomic mass is 35.5. The zero-order chi connectivity index (χ0) is 15.8. The number of rotatable bonds is 8. The summed E-state index contributed by atoms with van der Waals surface area (Å²) in [5, 5.41) is 2.96. The lowest BCUT2D eigenvalue weighted by atomic mass is 10.1. The van der Waals surface area contributed by atoms with Crippen molar-refractivity contribution in [3.8, 4) is 11.5 Å². The number of likely N-dealkylation sites (tertiary alicyclic amines) is 1. The van der Waals surface area contributed by atoms with Gasteiger partial charge in [0.25, 0.3) is 5.91 Å². The highest BCUT2D eigenvalue weighted by Crippen LogP contribution is 2.24. The van der Waals surface area contributed by atoms with E-state index in [1.165, 1.54) is 25.9 Å². The molecule has 0 bridgehead atoms. The minimum atomic E-state index is -0.0966. The molecule has 1 heterocycles. The molecule has 1 saturated heterocycles. The van der Waals surface area contributed by atoms with Crippen molar-refractivity contribution in [2.75, 3.05) is 40.4 Å². The first-order chi connectivity index (χ1) is 10.7. The molecule has 1 aliphatic rings. The molecular formula is C17H27ClN2O3. The third kappa shape index (κ3) is 5.92. The Morgan fingerprint density at radius 1 is 1.17 bits per heavy atom. The largest absolute Gasteiger partial charge is 0.497 e. The quantitative estimate of drug-likeness (QED) is 0.738. The van der Waals surface area contributed by atoms with E-state index in [2.05, 4.69) is 10.2 Å². The van der Waals surface area contributed by atoms with Crippen molar-refractivity contribution in [1.82, 2.24) is 10.2 Å². The maximum absolute atomic E-state index is 12.2. The number of carbonyl (C=O) groups excluding carboxylic acids is 1. The van der Waals surface area contributed by atoms with Crippen LogP contribution in [0.1, 0.15) is 36.0 Å². The van der Waals surface area contributed by atoms with Crippen molar-refractivity contribution in [1.29, 1.82) is 0 Å². The van der Waals surface area contributed by atoms with Gasteiger partial charge in [0.2, 0.25) is 0 Å². The van der Waals surface area contributed by atoms with Gasteiger partial charge >= 0.3 is 0 Å². The van der Waals surface area contributed by atoms with Crippen LogP contribution in [0.5, 0.6) is 11.5 Å². The summed E-state index contributed by atoms with van der Waals surface area (Å²) < 4.78 is 10.4. The lowest BCUT2D eigenvalue weighted by Crippen LogP contribution is -2.26. The predicted octanol–water partition coefficient (Wildman–Crippen LogP) is 2.73. The Morgan fingerprint density at radius 3 is 2.57 bits per heavy atom. The van der Waals surface area contributed by atoms with E-state index in [1.54, 1.807) is 32.4 Å². The molecule has 5 nitrogen and oxygen atoms in total. The van der Waals surface area contributed by atoms with Crippen LogP contribution in [0.3, 0.4) is 0 Å². The van der Waals surface area contributed by atoms with E-state index < -0.39 is 0 Å². The Bertz CT molecular complexity index is 491. The number of benzene rings is 1. The van der Waals surface area contributed by atoms with E-state index in [9.17, 15) is 4.79 Å². The molecule has 0 radical (unpaired) electrons. The van der Waals surface area contributed by atoms with Crippen LogP contribution in [0.15, 0.2) is 18.2 Å². The molecule has 6 heteroatoms. The number of hydrogen-bond acceptors (Lipinski definition) is 4. The zero-order valence-electron chi connectivity index (χ0n) is 14.0. The van der Waals surface area contributed by atoms with Gasteiger partial charge in [0, 0.05) is 12.6 Å². The fourth-order valence-electron chi connectivity index (χ4n) is 2.75. The minimum Gasteiger partial charge on any atom is -0.497 e. The molecule has 0 spiro atoms. The molecule has 23 heavy (non-hydrogen) atoms. The number of nitrogens with one attached hydrogen (secondary N) is 1. The van der Waals surface area contributed by atoms with E-state index in [0.717, 1.165) is 19.4 Å². The smallest absolute Gasteiger partial charge is 0.255 e. The summed E-state index contributed by atoms with van der Waals surface area (Å²) in [5.41, 5.74) is 0.544. The Kier molecular flexibility index (Phi) is 8.81. The van der Waals surface area contributed by atoms with Crippen molar-refractivity contribution in [2.45, 2.75) is 25.7 Å². The number of nitrogens with zero attached hydrogens (tertiary/aromatic N) is 1. The third-order valence-corrected chi connectivity index (χ3v) is 4.04. The molecule has 1 fully saturated rings. The Morgan fingerprint density at radius 2 is 1.91 bits per heavy atom. The lowest BCUT2D eigenvalue weighted by molar-refractivity contribution is 0.0949. The van der Waals surface area contributed by atoms with Gasteiger partial charge in [-0.05, 0) is 57.5 Å². The molecule has 1 aliphatic heterocycles. The van der Waals surface area contributed by atoms with Gasteiger partial charge in [-0.1, -0.05) is 0 Å². The van der Waals surface area contributed by atoms with Crippen LogP contribution < -0.4 is 14.8 Å². The van der Waals surface area contributed by atoms with Crippen LogP contribution in [-0.2, 0) is 0 Å². The molecule has 1 aromatic carbocycles. The van der Waals surface area contributed by atoms with Crippen molar-refractivity contribution in [3.05, 3.63) is 23.8 Å². The van der Waals surface area contributed by atoms with E-state index in [-0.39, 0.29) is 18.3 Å². The van der Waals surface area contributed by atoms with Gasteiger partial charge in [-0.2, -0.15) is 0 Å². The maximum Gasteiger partial charge on any atom is 0.255 e. The summed E-state index contributed by atoms with van der Waals surface area (Å²) in [6, 6.07) is 5.23. The molecule has 0 saturated carbocycles. The second kappa shape index (κ2) is 10.3. The SMILES string of the molecule is COc1ccc(C(=O)NCCCCN2CCCC2)c(OC)c1.Cl. The van der Waals surface area contributed by atoms with E-state index in [0.29, 0.717) is 23.6 Å². The standard InChI is InChI=1S/C17H26N2O3.ClH/c1-21-14-7-8-15(16(13-14)22-2)17(20)18-9-3-4-10-19-11-5-6-12-19;/h7-8,13H,3-6,9-12H2,1-2H3,(H,18,20);1H.